The molecule has 0 spiro atoms. The van der Waals surface area contributed by atoms with E-state index < -0.39 is 0 Å². The van der Waals surface area contributed by atoms with Crippen LogP contribution in [0.15, 0.2) is 18.2 Å². The molecule has 1 heteroatoms. The number of hydrogen-bond donors (Lipinski definition) is 1. The van der Waals surface area contributed by atoms with E-state index in [1.807, 2.05) is 6.07 Å². The molecule has 0 heterocycles. The lowest BCUT2D eigenvalue weighted by atomic mass is 9.82. The summed E-state index contributed by atoms with van der Waals surface area (Å²) in [4.78, 5) is 0. The molecule has 0 unspecified atom stereocenters. The molecule has 15 heavy (non-hydrogen) atoms. The molecular weight excluding hydrogens is 184 g/mol. The lowest BCUT2D eigenvalue weighted by Crippen LogP contribution is -2.14. The first-order chi connectivity index (χ1) is 6.97. The van der Waals surface area contributed by atoms with Crippen molar-refractivity contribution in [1.29, 1.82) is 0 Å². The summed E-state index contributed by atoms with van der Waals surface area (Å²) in [5.41, 5.74) is 2.90. The Balaban J connectivity index is 2.34. The Morgan fingerprint density at radius 3 is 2.47 bits per heavy atom. The Hall–Kier alpha value is -0.980. The molecule has 1 saturated carbocycles. The molecule has 1 aromatic carbocycles. The molecule has 2 rings (SSSR count). The monoisotopic (exact) mass is 204 g/mol. The quantitative estimate of drug-likeness (QED) is 0.779. The van der Waals surface area contributed by atoms with Crippen LogP contribution >= 0.6 is 0 Å². The number of phenols is 1. The number of rotatable bonds is 2. The van der Waals surface area contributed by atoms with Crippen molar-refractivity contribution < 1.29 is 5.11 Å². The first-order valence-corrected chi connectivity index (χ1v) is 5.79. The predicted octanol–water partition coefficient (Wildman–Crippen LogP) is 3.64. The van der Waals surface area contributed by atoms with Crippen molar-refractivity contribution in [2.45, 2.75) is 45.4 Å². The van der Waals surface area contributed by atoms with E-state index in [0.29, 0.717) is 5.75 Å². The molecule has 1 aliphatic rings. The molecule has 1 aromatic rings. The number of benzene rings is 1. The van der Waals surface area contributed by atoms with Gasteiger partial charge in [-0.05, 0) is 53.9 Å². The van der Waals surface area contributed by atoms with Crippen molar-refractivity contribution in [1.82, 2.24) is 0 Å². The SMILES string of the molecule is CC(C)(C)c1ccc(O)cc1CC1CC1. The van der Waals surface area contributed by atoms with E-state index >= 15 is 0 Å². The maximum atomic E-state index is 9.54. The van der Waals surface area contributed by atoms with Crippen molar-refractivity contribution in [3.05, 3.63) is 29.3 Å². The van der Waals surface area contributed by atoms with Gasteiger partial charge in [-0.15, -0.1) is 0 Å². The largest absolute Gasteiger partial charge is 0.508 e. The van der Waals surface area contributed by atoms with Crippen LogP contribution in [-0.4, -0.2) is 5.11 Å². The highest BCUT2D eigenvalue weighted by molar-refractivity contribution is 5.39. The molecule has 1 aliphatic carbocycles. The summed E-state index contributed by atoms with van der Waals surface area (Å²) >= 11 is 0. The third kappa shape index (κ3) is 2.53. The van der Waals surface area contributed by atoms with Crippen LogP contribution in [0.4, 0.5) is 0 Å². The standard InChI is InChI=1S/C14H20O/c1-14(2,3)13-7-6-12(15)9-11(13)8-10-4-5-10/h6-7,9-10,15H,4-5,8H2,1-3H3. The summed E-state index contributed by atoms with van der Waals surface area (Å²) in [6.45, 7) is 6.70. The second kappa shape index (κ2) is 3.55. The van der Waals surface area contributed by atoms with Crippen LogP contribution in [0.2, 0.25) is 0 Å². The van der Waals surface area contributed by atoms with Crippen molar-refractivity contribution in [2.75, 3.05) is 0 Å². The fourth-order valence-corrected chi connectivity index (χ4v) is 2.11. The van der Waals surface area contributed by atoms with Crippen molar-refractivity contribution in [3.63, 3.8) is 0 Å². The minimum atomic E-state index is 0.178. The Kier molecular flexibility index (Phi) is 2.49. The van der Waals surface area contributed by atoms with Crippen molar-refractivity contribution in [3.8, 4) is 5.75 Å². The zero-order valence-corrected chi connectivity index (χ0v) is 9.88. The van der Waals surface area contributed by atoms with Crippen LogP contribution in [0.3, 0.4) is 0 Å². The van der Waals surface area contributed by atoms with E-state index in [0.717, 1.165) is 12.3 Å². The average Bonchev–Trinajstić information content (AvgIpc) is 2.85. The molecule has 1 fully saturated rings. The minimum absolute atomic E-state index is 0.178. The average molecular weight is 204 g/mol. The Labute approximate surface area is 92.1 Å². The molecule has 1 N–H and O–H groups in total. The molecule has 0 bridgehead atoms. The van der Waals surface area contributed by atoms with Gasteiger partial charge in [0.25, 0.3) is 0 Å². The van der Waals surface area contributed by atoms with Gasteiger partial charge in [0.1, 0.15) is 5.75 Å². The molecule has 0 radical (unpaired) electrons. The summed E-state index contributed by atoms with van der Waals surface area (Å²) in [5.74, 6) is 1.27. The number of aromatic hydroxyl groups is 1. The highest BCUT2D eigenvalue weighted by Gasteiger charge is 2.25. The maximum absolute atomic E-state index is 9.54. The first kappa shape index (κ1) is 10.5. The molecule has 0 aliphatic heterocycles. The van der Waals surface area contributed by atoms with Crippen LogP contribution in [-0.2, 0) is 11.8 Å². The van der Waals surface area contributed by atoms with Crippen LogP contribution in [0.1, 0.15) is 44.7 Å². The van der Waals surface area contributed by atoms with Crippen molar-refractivity contribution >= 4 is 0 Å². The number of phenolic OH excluding ortho intramolecular Hbond substituents is 1. The van der Waals surface area contributed by atoms with Crippen LogP contribution in [0.25, 0.3) is 0 Å². The van der Waals surface area contributed by atoms with Gasteiger partial charge in [0.15, 0.2) is 0 Å². The van der Waals surface area contributed by atoms with Crippen LogP contribution in [0, 0.1) is 5.92 Å². The van der Waals surface area contributed by atoms with E-state index in [1.165, 1.54) is 24.0 Å². The molecule has 82 valence electrons. The van der Waals surface area contributed by atoms with Gasteiger partial charge >= 0.3 is 0 Å². The summed E-state index contributed by atoms with van der Waals surface area (Å²) < 4.78 is 0. The molecule has 0 saturated heterocycles. The highest BCUT2D eigenvalue weighted by atomic mass is 16.3. The van der Waals surface area contributed by atoms with E-state index in [-0.39, 0.29) is 5.41 Å². The Morgan fingerprint density at radius 1 is 1.27 bits per heavy atom. The second-order valence-corrected chi connectivity index (χ2v) is 5.74. The zero-order chi connectivity index (χ0) is 11.1. The van der Waals surface area contributed by atoms with Crippen LogP contribution in [0.5, 0.6) is 5.75 Å². The van der Waals surface area contributed by atoms with Gasteiger partial charge in [0, 0.05) is 0 Å². The van der Waals surface area contributed by atoms with E-state index in [4.69, 9.17) is 0 Å². The zero-order valence-electron chi connectivity index (χ0n) is 9.88. The lowest BCUT2D eigenvalue weighted by molar-refractivity contribution is 0.472. The molecule has 0 atom stereocenters. The van der Waals surface area contributed by atoms with Crippen LogP contribution < -0.4 is 0 Å². The second-order valence-electron chi connectivity index (χ2n) is 5.74. The summed E-state index contributed by atoms with van der Waals surface area (Å²) in [6.07, 6.45) is 3.86. The topological polar surface area (TPSA) is 20.2 Å². The molecule has 0 amide bonds. The lowest BCUT2D eigenvalue weighted by Gasteiger charge is -2.23. The molecule has 0 aromatic heterocycles. The van der Waals surface area contributed by atoms with E-state index in [1.54, 1.807) is 6.07 Å². The van der Waals surface area contributed by atoms with Gasteiger partial charge in [0.2, 0.25) is 0 Å². The van der Waals surface area contributed by atoms with Gasteiger partial charge in [-0.3, -0.25) is 0 Å². The normalized spacial score (nSPS) is 16.7. The highest BCUT2D eigenvalue weighted by Crippen LogP contribution is 2.37. The van der Waals surface area contributed by atoms with Gasteiger partial charge < -0.3 is 5.11 Å². The number of hydrogen-bond acceptors (Lipinski definition) is 1. The molecule has 1 nitrogen and oxygen atoms in total. The first-order valence-electron chi connectivity index (χ1n) is 5.79. The predicted molar refractivity (Wildman–Crippen MR) is 63.2 cm³/mol. The smallest absolute Gasteiger partial charge is 0.115 e. The fraction of sp³-hybridized carbons (Fsp3) is 0.571. The van der Waals surface area contributed by atoms with Gasteiger partial charge in [-0.25, -0.2) is 0 Å². The molecular formula is C14H20O. The maximum Gasteiger partial charge on any atom is 0.115 e. The third-order valence-corrected chi connectivity index (χ3v) is 3.10. The summed E-state index contributed by atoms with van der Waals surface area (Å²) in [5, 5.41) is 9.54. The minimum Gasteiger partial charge on any atom is -0.508 e. The van der Waals surface area contributed by atoms with Gasteiger partial charge in [-0.2, -0.15) is 0 Å². The van der Waals surface area contributed by atoms with E-state index in [2.05, 4.69) is 26.8 Å². The Bertz CT molecular complexity index is 356. The summed E-state index contributed by atoms with van der Waals surface area (Å²) in [7, 11) is 0. The Morgan fingerprint density at radius 2 is 1.93 bits per heavy atom. The van der Waals surface area contributed by atoms with E-state index in [9.17, 15) is 5.11 Å². The van der Waals surface area contributed by atoms with Gasteiger partial charge in [-0.1, -0.05) is 26.8 Å². The summed E-state index contributed by atoms with van der Waals surface area (Å²) in [6, 6.07) is 5.82. The fourth-order valence-electron chi connectivity index (χ4n) is 2.11. The van der Waals surface area contributed by atoms with Crippen molar-refractivity contribution in [2.24, 2.45) is 5.92 Å². The van der Waals surface area contributed by atoms with Gasteiger partial charge in [0.05, 0.1) is 0 Å². The third-order valence-electron chi connectivity index (χ3n) is 3.10.